The Morgan fingerprint density at radius 3 is 3.03 bits per heavy atom. The number of guanidine groups is 1. The first-order valence-corrected chi connectivity index (χ1v) is 10.5. The smallest absolute Gasteiger partial charge is 0.191 e. The average molecular weight is 526 g/mol. The lowest BCUT2D eigenvalue weighted by Gasteiger charge is -2.16. The van der Waals surface area contributed by atoms with Gasteiger partial charge in [-0.25, -0.2) is 4.99 Å². The van der Waals surface area contributed by atoms with E-state index in [0.29, 0.717) is 19.7 Å². The number of aryl methyl sites for hydroxylation is 2. The zero-order chi connectivity index (χ0) is 20.1. The zero-order valence-corrected chi connectivity index (χ0v) is 20.0. The van der Waals surface area contributed by atoms with Gasteiger partial charge in [-0.2, -0.15) is 0 Å². The maximum atomic E-state index is 6.19. The number of hydrogen-bond donors (Lipinski definition) is 2. The summed E-state index contributed by atoms with van der Waals surface area (Å²) in [5.41, 5.74) is 2.25. The summed E-state index contributed by atoms with van der Waals surface area (Å²) in [6, 6.07) is 6.28. The summed E-state index contributed by atoms with van der Waals surface area (Å²) in [7, 11) is 0. The molecule has 3 heterocycles. The number of rotatable bonds is 7. The van der Waals surface area contributed by atoms with Gasteiger partial charge < -0.3 is 24.7 Å². The van der Waals surface area contributed by atoms with E-state index in [4.69, 9.17) is 14.5 Å². The molecule has 2 aliphatic heterocycles. The van der Waals surface area contributed by atoms with E-state index in [-0.39, 0.29) is 30.1 Å². The number of nitrogens with one attached hydrogen (secondary N) is 2. The van der Waals surface area contributed by atoms with Crippen LogP contribution in [0.15, 0.2) is 23.2 Å². The summed E-state index contributed by atoms with van der Waals surface area (Å²) in [6.45, 7) is 8.50. The molecule has 164 valence electrons. The number of nitrogens with zero attached hydrogens (tertiary/aromatic N) is 4. The molecule has 1 unspecified atom stereocenters. The van der Waals surface area contributed by atoms with Crippen LogP contribution in [0, 0.1) is 6.92 Å². The Morgan fingerprint density at radius 2 is 2.23 bits per heavy atom. The fourth-order valence-electron chi connectivity index (χ4n) is 3.70. The predicted molar refractivity (Wildman–Crippen MR) is 126 cm³/mol. The van der Waals surface area contributed by atoms with E-state index >= 15 is 0 Å². The molecule has 1 fully saturated rings. The number of aromatic nitrogens is 3. The molecule has 1 saturated heterocycles. The quantitative estimate of drug-likeness (QED) is 0.328. The van der Waals surface area contributed by atoms with E-state index in [2.05, 4.69) is 57.4 Å². The van der Waals surface area contributed by atoms with Crippen molar-refractivity contribution in [2.75, 3.05) is 19.8 Å². The lowest BCUT2D eigenvalue weighted by Crippen LogP contribution is -2.37. The molecule has 1 aromatic heterocycles. The minimum Gasteiger partial charge on any atom is -0.488 e. The second-order valence-electron chi connectivity index (χ2n) is 7.55. The largest absolute Gasteiger partial charge is 0.488 e. The molecule has 4 rings (SSSR count). The lowest BCUT2D eigenvalue weighted by molar-refractivity contribution is 0.140. The molecular formula is C21H31IN6O2. The van der Waals surface area contributed by atoms with E-state index < -0.39 is 0 Å². The van der Waals surface area contributed by atoms with Gasteiger partial charge in [-0.05, 0) is 31.9 Å². The number of aliphatic imine (C=N–C) groups is 1. The van der Waals surface area contributed by atoms with Gasteiger partial charge in [0.25, 0.3) is 0 Å². The molecule has 1 atom stereocenters. The van der Waals surface area contributed by atoms with Gasteiger partial charge in [0, 0.05) is 31.5 Å². The monoisotopic (exact) mass is 526 g/mol. The van der Waals surface area contributed by atoms with Crippen molar-refractivity contribution in [1.82, 2.24) is 25.4 Å². The van der Waals surface area contributed by atoms with E-state index in [1.807, 2.05) is 0 Å². The van der Waals surface area contributed by atoms with Crippen molar-refractivity contribution in [2.24, 2.45) is 4.99 Å². The fourth-order valence-corrected chi connectivity index (χ4v) is 3.70. The molecule has 0 saturated carbocycles. The molecule has 8 nitrogen and oxygen atoms in total. The molecule has 0 bridgehead atoms. The van der Waals surface area contributed by atoms with Crippen molar-refractivity contribution >= 4 is 29.9 Å². The highest BCUT2D eigenvalue weighted by Crippen LogP contribution is 2.24. The standard InChI is InChI=1S/C21H30N6O2.HI/c1-3-22-21(24-13-20-26-25-19-5-4-9-27(19)20)23-12-16-7-6-15(2)11-18(16)29-17-8-10-28-14-17;/h6-7,11,17H,3-5,8-10,12-14H2,1-2H3,(H2,22,23,24);1H. The van der Waals surface area contributed by atoms with Gasteiger partial charge in [0.15, 0.2) is 11.8 Å². The Labute approximate surface area is 194 Å². The Balaban J connectivity index is 0.00000256. The van der Waals surface area contributed by atoms with Crippen LogP contribution in [0.1, 0.15) is 42.5 Å². The summed E-state index contributed by atoms with van der Waals surface area (Å²) in [4.78, 5) is 4.77. The Morgan fingerprint density at radius 1 is 1.33 bits per heavy atom. The van der Waals surface area contributed by atoms with Gasteiger partial charge in [-0.15, -0.1) is 34.2 Å². The molecule has 9 heteroatoms. The highest BCUT2D eigenvalue weighted by atomic mass is 127. The third-order valence-corrected chi connectivity index (χ3v) is 5.26. The fraction of sp³-hybridized carbons (Fsp3) is 0.571. The number of fused-ring (bicyclic) bond motifs is 1. The molecule has 2 aromatic rings. The van der Waals surface area contributed by atoms with Crippen molar-refractivity contribution < 1.29 is 9.47 Å². The van der Waals surface area contributed by atoms with Crippen molar-refractivity contribution in [2.45, 2.75) is 58.8 Å². The average Bonchev–Trinajstić information content (AvgIpc) is 3.44. The lowest BCUT2D eigenvalue weighted by atomic mass is 10.1. The minimum absolute atomic E-state index is 0. The summed E-state index contributed by atoms with van der Waals surface area (Å²) in [5.74, 6) is 3.71. The second kappa shape index (κ2) is 10.9. The normalized spacial score (nSPS) is 18.1. The van der Waals surface area contributed by atoms with E-state index in [9.17, 15) is 0 Å². The van der Waals surface area contributed by atoms with E-state index in [1.54, 1.807) is 0 Å². The molecule has 0 aliphatic carbocycles. The van der Waals surface area contributed by atoms with Crippen LogP contribution >= 0.6 is 24.0 Å². The summed E-state index contributed by atoms with van der Waals surface area (Å²) < 4.78 is 13.8. The van der Waals surface area contributed by atoms with Crippen LogP contribution in [0.3, 0.4) is 0 Å². The van der Waals surface area contributed by atoms with Crippen LogP contribution in [0.25, 0.3) is 0 Å². The SMILES string of the molecule is CCNC(=NCc1ccc(C)cc1OC1CCOC1)NCc1nnc2n1CCC2.I. The molecule has 1 aromatic carbocycles. The zero-order valence-electron chi connectivity index (χ0n) is 17.7. The molecule has 2 N–H and O–H groups in total. The van der Waals surface area contributed by atoms with Crippen LogP contribution in [-0.4, -0.2) is 46.6 Å². The molecule has 0 spiro atoms. The van der Waals surface area contributed by atoms with Crippen LogP contribution in [-0.2, 0) is 30.8 Å². The number of hydrogen-bond acceptors (Lipinski definition) is 5. The second-order valence-corrected chi connectivity index (χ2v) is 7.55. The van der Waals surface area contributed by atoms with Crippen molar-refractivity contribution in [3.8, 4) is 5.75 Å². The predicted octanol–water partition coefficient (Wildman–Crippen LogP) is 2.57. The van der Waals surface area contributed by atoms with Gasteiger partial charge >= 0.3 is 0 Å². The van der Waals surface area contributed by atoms with Crippen molar-refractivity contribution in [3.05, 3.63) is 41.0 Å². The molecule has 2 aliphatic rings. The summed E-state index contributed by atoms with van der Waals surface area (Å²) >= 11 is 0. The Hall–Kier alpha value is -1.88. The molecular weight excluding hydrogens is 495 g/mol. The van der Waals surface area contributed by atoms with Gasteiger partial charge in [-0.3, -0.25) is 0 Å². The Kier molecular flexibility index (Phi) is 8.32. The summed E-state index contributed by atoms with van der Waals surface area (Å²) in [6.07, 6.45) is 3.22. The van der Waals surface area contributed by atoms with Gasteiger partial charge in [0.2, 0.25) is 0 Å². The Bertz CT molecular complexity index is 863. The minimum atomic E-state index is 0. The van der Waals surface area contributed by atoms with Gasteiger partial charge in [0.1, 0.15) is 17.7 Å². The molecule has 30 heavy (non-hydrogen) atoms. The van der Waals surface area contributed by atoms with Crippen molar-refractivity contribution in [3.63, 3.8) is 0 Å². The third-order valence-electron chi connectivity index (χ3n) is 5.26. The van der Waals surface area contributed by atoms with Gasteiger partial charge in [0.05, 0.1) is 26.3 Å². The highest BCUT2D eigenvalue weighted by molar-refractivity contribution is 14.0. The van der Waals surface area contributed by atoms with Crippen LogP contribution in [0.5, 0.6) is 5.75 Å². The van der Waals surface area contributed by atoms with E-state index in [1.165, 1.54) is 5.56 Å². The first-order valence-electron chi connectivity index (χ1n) is 10.5. The maximum Gasteiger partial charge on any atom is 0.191 e. The topological polar surface area (TPSA) is 85.6 Å². The van der Waals surface area contributed by atoms with Gasteiger partial charge in [-0.1, -0.05) is 12.1 Å². The first-order chi connectivity index (χ1) is 14.2. The number of ether oxygens (including phenoxy) is 2. The van der Waals surface area contributed by atoms with Crippen LogP contribution < -0.4 is 15.4 Å². The molecule has 0 radical (unpaired) electrons. The number of benzene rings is 1. The first kappa shape index (κ1) is 22.8. The third kappa shape index (κ3) is 5.63. The van der Waals surface area contributed by atoms with Crippen LogP contribution in [0.2, 0.25) is 0 Å². The molecule has 0 amide bonds. The summed E-state index contributed by atoms with van der Waals surface area (Å²) in [5, 5.41) is 15.3. The van der Waals surface area contributed by atoms with Crippen molar-refractivity contribution in [1.29, 1.82) is 0 Å². The van der Waals surface area contributed by atoms with Crippen LogP contribution in [0.4, 0.5) is 0 Å². The van der Waals surface area contributed by atoms with E-state index in [0.717, 1.165) is 67.9 Å². The highest BCUT2D eigenvalue weighted by Gasteiger charge is 2.19. The maximum absolute atomic E-state index is 6.19. The number of halogens is 1.